The van der Waals surface area contributed by atoms with Gasteiger partial charge in [0.2, 0.25) is 0 Å². The van der Waals surface area contributed by atoms with Crippen LogP contribution in [0.3, 0.4) is 0 Å². The molecule has 0 radical (unpaired) electrons. The van der Waals surface area contributed by atoms with Crippen LogP contribution in [0.5, 0.6) is 5.75 Å². The maximum atomic E-state index is 12.3. The number of halogens is 3. The van der Waals surface area contributed by atoms with Crippen molar-refractivity contribution in [1.29, 1.82) is 0 Å². The minimum Gasteiger partial charge on any atom is -0.406 e. The van der Waals surface area contributed by atoms with E-state index < -0.39 is 6.36 Å². The number of hydrogen-bond acceptors (Lipinski definition) is 4. The number of nitrogens with zero attached hydrogens (tertiary/aromatic N) is 2. The van der Waals surface area contributed by atoms with E-state index >= 15 is 0 Å². The Morgan fingerprint density at radius 3 is 2.00 bits per heavy atom. The number of ether oxygens (including phenoxy) is 1. The van der Waals surface area contributed by atoms with Crippen molar-refractivity contribution < 1.29 is 17.9 Å². The predicted octanol–water partition coefficient (Wildman–Crippen LogP) is 6.76. The molecule has 4 rings (SSSR count). The Hall–Kier alpha value is -3.87. The number of nitrogens with one attached hydrogen (secondary N) is 1. The van der Waals surface area contributed by atoms with Gasteiger partial charge in [0.1, 0.15) is 17.9 Å². The third-order valence-corrected chi connectivity index (χ3v) is 4.70. The molecule has 0 atom stereocenters. The van der Waals surface area contributed by atoms with Crippen LogP contribution in [0.15, 0.2) is 85.2 Å². The Labute approximate surface area is 177 Å². The summed E-state index contributed by atoms with van der Waals surface area (Å²) in [5.41, 5.74) is 5.36. The number of rotatable bonds is 5. The van der Waals surface area contributed by atoms with Crippen LogP contribution in [-0.2, 0) is 0 Å². The van der Waals surface area contributed by atoms with Crippen LogP contribution >= 0.6 is 0 Å². The van der Waals surface area contributed by atoms with Crippen molar-refractivity contribution in [2.75, 3.05) is 5.32 Å². The molecule has 7 heteroatoms. The second-order valence-corrected chi connectivity index (χ2v) is 6.84. The minimum absolute atomic E-state index is 0.281. The molecule has 4 nitrogen and oxygen atoms in total. The Morgan fingerprint density at radius 1 is 0.742 bits per heavy atom. The van der Waals surface area contributed by atoms with Gasteiger partial charge in [0.05, 0.1) is 5.69 Å². The maximum absolute atomic E-state index is 12.3. The standard InChI is InChI=1S/C24H18F3N3O/c1-16-22(19-9-7-18(8-10-19)17-5-3-2-4-6-17)28-15-29-23(16)30-20-11-13-21(14-12-20)31-24(25,26)27/h2-15H,1H3,(H,28,29,30). The summed E-state index contributed by atoms with van der Waals surface area (Å²) in [4.78, 5) is 8.68. The van der Waals surface area contributed by atoms with Crippen molar-refractivity contribution in [3.63, 3.8) is 0 Å². The molecule has 0 aliphatic carbocycles. The topological polar surface area (TPSA) is 47.0 Å². The maximum Gasteiger partial charge on any atom is 0.573 e. The Kier molecular flexibility index (Phi) is 5.58. The van der Waals surface area contributed by atoms with Crippen molar-refractivity contribution in [1.82, 2.24) is 9.97 Å². The van der Waals surface area contributed by atoms with Crippen LogP contribution in [0.1, 0.15) is 5.56 Å². The summed E-state index contributed by atoms with van der Waals surface area (Å²) >= 11 is 0. The van der Waals surface area contributed by atoms with E-state index in [4.69, 9.17) is 0 Å². The number of benzene rings is 3. The van der Waals surface area contributed by atoms with Crippen molar-refractivity contribution in [2.45, 2.75) is 13.3 Å². The smallest absolute Gasteiger partial charge is 0.406 e. The van der Waals surface area contributed by atoms with E-state index in [1.54, 1.807) is 0 Å². The van der Waals surface area contributed by atoms with Gasteiger partial charge in [-0.3, -0.25) is 0 Å². The first-order chi connectivity index (χ1) is 14.9. The van der Waals surface area contributed by atoms with E-state index in [0.29, 0.717) is 11.5 Å². The minimum atomic E-state index is -4.72. The van der Waals surface area contributed by atoms with Crippen molar-refractivity contribution >= 4 is 11.5 Å². The molecule has 31 heavy (non-hydrogen) atoms. The van der Waals surface area contributed by atoms with Crippen LogP contribution < -0.4 is 10.1 Å². The summed E-state index contributed by atoms with van der Waals surface area (Å²) in [5.74, 6) is 0.290. The van der Waals surface area contributed by atoms with Crippen LogP contribution in [0.4, 0.5) is 24.7 Å². The van der Waals surface area contributed by atoms with Gasteiger partial charge in [0.25, 0.3) is 0 Å². The van der Waals surface area contributed by atoms with E-state index in [1.165, 1.54) is 30.6 Å². The fourth-order valence-electron chi connectivity index (χ4n) is 3.20. The molecule has 1 heterocycles. The van der Waals surface area contributed by atoms with Gasteiger partial charge in [-0.1, -0.05) is 54.6 Å². The summed E-state index contributed by atoms with van der Waals surface area (Å²) < 4.78 is 40.8. The van der Waals surface area contributed by atoms with Crippen molar-refractivity contribution in [2.24, 2.45) is 0 Å². The molecule has 0 spiro atoms. The lowest BCUT2D eigenvalue weighted by molar-refractivity contribution is -0.274. The van der Waals surface area contributed by atoms with Gasteiger partial charge in [0.15, 0.2) is 0 Å². The lowest BCUT2D eigenvalue weighted by atomic mass is 10.0. The molecule has 0 aliphatic heterocycles. The highest BCUT2D eigenvalue weighted by Gasteiger charge is 2.30. The Bertz CT molecular complexity index is 1160. The first-order valence-electron chi connectivity index (χ1n) is 9.49. The summed E-state index contributed by atoms with van der Waals surface area (Å²) in [6, 6.07) is 23.7. The first kappa shape index (κ1) is 20.4. The molecule has 0 bridgehead atoms. The fraction of sp³-hybridized carbons (Fsp3) is 0.0833. The van der Waals surface area contributed by atoms with Gasteiger partial charge >= 0.3 is 6.36 Å². The second-order valence-electron chi connectivity index (χ2n) is 6.84. The molecule has 0 aliphatic rings. The molecule has 0 amide bonds. The molecule has 0 unspecified atom stereocenters. The molecule has 1 N–H and O–H groups in total. The van der Waals surface area contributed by atoms with Gasteiger partial charge in [-0.2, -0.15) is 0 Å². The molecule has 0 saturated carbocycles. The normalized spacial score (nSPS) is 11.2. The van der Waals surface area contributed by atoms with Crippen LogP contribution in [0, 0.1) is 6.92 Å². The number of alkyl halides is 3. The van der Waals surface area contributed by atoms with Crippen LogP contribution in [0.25, 0.3) is 22.4 Å². The number of aromatic nitrogens is 2. The molecular weight excluding hydrogens is 403 g/mol. The third kappa shape index (κ3) is 5.01. The van der Waals surface area contributed by atoms with E-state index in [1.807, 2.05) is 49.4 Å². The number of anilines is 2. The molecule has 3 aromatic carbocycles. The zero-order chi connectivity index (χ0) is 21.8. The SMILES string of the molecule is Cc1c(Nc2ccc(OC(F)(F)F)cc2)ncnc1-c1ccc(-c2ccccc2)cc1. The zero-order valence-corrected chi connectivity index (χ0v) is 16.5. The first-order valence-corrected chi connectivity index (χ1v) is 9.49. The highest BCUT2D eigenvalue weighted by Crippen LogP contribution is 2.30. The second kappa shape index (κ2) is 8.47. The highest BCUT2D eigenvalue weighted by molar-refractivity contribution is 5.73. The fourth-order valence-corrected chi connectivity index (χ4v) is 3.20. The van der Waals surface area contributed by atoms with Crippen molar-refractivity contribution in [3.05, 3.63) is 90.8 Å². The lowest BCUT2D eigenvalue weighted by Gasteiger charge is -2.13. The zero-order valence-electron chi connectivity index (χ0n) is 16.5. The highest BCUT2D eigenvalue weighted by atomic mass is 19.4. The molecule has 156 valence electrons. The largest absolute Gasteiger partial charge is 0.573 e. The molecule has 1 aromatic heterocycles. The summed E-state index contributed by atoms with van der Waals surface area (Å²) in [6.45, 7) is 1.89. The van der Waals surface area contributed by atoms with E-state index in [2.05, 4.69) is 32.2 Å². The van der Waals surface area contributed by atoms with E-state index in [9.17, 15) is 13.2 Å². The van der Waals surface area contributed by atoms with E-state index in [-0.39, 0.29) is 5.75 Å². The van der Waals surface area contributed by atoms with Crippen LogP contribution in [-0.4, -0.2) is 16.3 Å². The van der Waals surface area contributed by atoms with Crippen molar-refractivity contribution in [3.8, 4) is 28.1 Å². The average molecular weight is 421 g/mol. The van der Waals surface area contributed by atoms with Crippen LogP contribution in [0.2, 0.25) is 0 Å². The quantitative estimate of drug-likeness (QED) is 0.387. The van der Waals surface area contributed by atoms with Gasteiger partial charge in [-0.25, -0.2) is 9.97 Å². The molecule has 4 aromatic rings. The summed E-state index contributed by atoms with van der Waals surface area (Å²) in [6.07, 6.45) is -3.26. The molecule has 0 saturated heterocycles. The Balaban J connectivity index is 1.54. The summed E-state index contributed by atoms with van der Waals surface area (Å²) in [7, 11) is 0. The monoisotopic (exact) mass is 421 g/mol. The lowest BCUT2D eigenvalue weighted by Crippen LogP contribution is -2.17. The Morgan fingerprint density at radius 2 is 1.35 bits per heavy atom. The predicted molar refractivity (Wildman–Crippen MR) is 114 cm³/mol. The van der Waals surface area contributed by atoms with Gasteiger partial charge in [-0.05, 0) is 42.3 Å². The van der Waals surface area contributed by atoms with Gasteiger partial charge in [0, 0.05) is 16.8 Å². The summed E-state index contributed by atoms with van der Waals surface area (Å²) in [5, 5.41) is 3.12. The number of hydrogen-bond donors (Lipinski definition) is 1. The molecular formula is C24H18F3N3O. The van der Waals surface area contributed by atoms with Gasteiger partial charge in [-0.15, -0.1) is 13.2 Å². The van der Waals surface area contributed by atoms with Gasteiger partial charge < -0.3 is 10.1 Å². The van der Waals surface area contributed by atoms with E-state index in [0.717, 1.165) is 27.9 Å². The molecule has 0 fully saturated rings. The third-order valence-electron chi connectivity index (χ3n) is 4.70. The average Bonchev–Trinajstić information content (AvgIpc) is 2.76.